The number of nitrogens with two attached hydrogens (primary N) is 1. The molecule has 4 fully saturated rings. The third kappa shape index (κ3) is 5.38. The first-order chi connectivity index (χ1) is 21.4. The summed E-state index contributed by atoms with van der Waals surface area (Å²) in [5.74, 6) is -3.64. The molecule has 0 saturated carbocycles. The van der Waals surface area contributed by atoms with Gasteiger partial charge in [0.1, 0.15) is 29.3 Å². The van der Waals surface area contributed by atoms with E-state index in [9.17, 15) is 14.4 Å². The number of piperidine rings is 1. The fourth-order valence-corrected chi connectivity index (χ4v) is 9.01. The third-order valence-corrected chi connectivity index (χ3v) is 11.7. The van der Waals surface area contributed by atoms with Crippen LogP contribution in [0.25, 0.3) is 0 Å². The molecule has 13 heteroatoms. The van der Waals surface area contributed by atoms with Gasteiger partial charge in [-0.2, -0.15) is 0 Å². The molecular formula is C33H57N3O10. The number of rotatable bonds is 7. The minimum Gasteiger partial charge on any atom is -0.458 e. The van der Waals surface area contributed by atoms with Crippen molar-refractivity contribution in [2.45, 2.75) is 134 Å². The molecule has 4 rings (SSSR count). The molecule has 4 aliphatic rings. The van der Waals surface area contributed by atoms with E-state index in [1.54, 1.807) is 41.7 Å². The summed E-state index contributed by atoms with van der Waals surface area (Å²) >= 11 is 0. The number of amides is 1. The molecule has 4 heterocycles. The molecule has 0 aromatic rings. The smallest absolute Gasteiger partial charge is 0.412 e. The summed E-state index contributed by atoms with van der Waals surface area (Å²) in [6, 6.07) is -0.908. The maximum atomic E-state index is 14.2. The van der Waals surface area contributed by atoms with Gasteiger partial charge < -0.3 is 43.8 Å². The number of cyclic esters (lactones) is 1. The van der Waals surface area contributed by atoms with Gasteiger partial charge in [-0.3, -0.25) is 14.5 Å². The second-order valence-corrected chi connectivity index (χ2v) is 14.4. The molecule has 4 aliphatic heterocycles. The SMILES string of the molecule is CC[C@H]1OC(=O)[C@H](C)[C@@H](OC)[C@H](C)[C@@H](OC2OC(C)CC(N(C)C)C2OC)[C@](C)(OC)C2(N)[C@@H](C)C(=O)[C@H](C)[C@H]3N2C(=O)O[C@]13C. The normalized spacial score (nSPS) is 48.5. The zero-order valence-corrected chi connectivity index (χ0v) is 29.9. The first-order valence-electron chi connectivity index (χ1n) is 16.5. The Hall–Kier alpha value is -1.87. The molecule has 0 aromatic heterocycles. The second kappa shape index (κ2) is 13.2. The minimum absolute atomic E-state index is 0.0475. The Balaban J connectivity index is 2.00. The van der Waals surface area contributed by atoms with Crippen molar-refractivity contribution in [3.63, 3.8) is 0 Å². The van der Waals surface area contributed by atoms with Gasteiger partial charge >= 0.3 is 12.1 Å². The van der Waals surface area contributed by atoms with Crippen molar-refractivity contribution in [2.75, 3.05) is 35.4 Å². The lowest BCUT2D eigenvalue weighted by Gasteiger charge is -2.61. The Labute approximate surface area is 274 Å². The molecular weight excluding hydrogens is 598 g/mol. The number of carbonyl (C=O) groups excluding carboxylic acids is 3. The van der Waals surface area contributed by atoms with E-state index in [-0.39, 0.29) is 17.9 Å². The number of Topliss-reactive ketones (excluding diaryl/α,β-unsaturated/α-hetero) is 1. The quantitative estimate of drug-likeness (QED) is 0.402. The molecule has 2 N–H and O–H groups in total. The van der Waals surface area contributed by atoms with Gasteiger partial charge in [-0.05, 0) is 54.6 Å². The van der Waals surface area contributed by atoms with E-state index in [0.29, 0.717) is 12.8 Å². The highest BCUT2D eigenvalue weighted by atomic mass is 16.7. The summed E-state index contributed by atoms with van der Waals surface area (Å²) in [6.45, 7) is 14.4. The van der Waals surface area contributed by atoms with Gasteiger partial charge in [0.25, 0.3) is 0 Å². The van der Waals surface area contributed by atoms with Gasteiger partial charge in [0.2, 0.25) is 0 Å². The average Bonchev–Trinajstić information content (AvgIpc) is 3.29. The van der Waals surface area contributed by atoms with Gasteiger partial charge in [0.15, 0.2) is 11.9 Å². The fraction of sp³-hybridized carbons (Fsp3) is 0.909. The first kappa shape index (κ1) is 37.0. The van der Waals surface area contributed by atoms with Gasteiger partial charge in [-0.25, -0.2) is 4.79 Å². The predicted molar refractivity (Wildman–Crippen MR) is 168 cm³/mol. The van der Waals surface area contributed by atoms with E-state index in [4.69, 9.17) is 38.9 Å². The average molecular weight is 656 g/mol. The third-order valence-electron chi connectivity index (χ3n) is 11.7. The molecule has 15 atom stereocenters. The van der Waals surface area contributed by atoms with Crippen LogP contribution in [0.2, 0.25) is 0 Å². The van der Waals surface area contributed by atoms with Crippen LogP contribution in [0.1, 0.15) is 68.2 Å². The second-order valence-electron chi connectivity index (χ2n) is 14.4. The van der Waals surface area contributed by atoms with E-state index in [1.165, 1.54) is 19.1 Å². The monoisotopic (exact) mass is 655 g/mol. The Morgan fingerprint density at radius 1 is 0.978 bits per heavy atom. The number of methoxy groups -OCH3 is 3. The highest BCUT2D eigenvalue weighted by molar-refractivity contribution is 5.90. The molecule has 0 radical (unpaired) electrons. The van der Waals surface area contributed by atoms with E-state index in [2.05, 4.69) is 4.90 Å². The standard InChI is InChI=1S/C33H57N3O10/c1-14-22-31(7)26-17(3)23(37)20(6)33(34,36(26)30(39)46-31)32(8,42-13)27(18(4)24(40-11)19(5)28(38)44-22)45-29-25(41-12)21(35(9)10)15-16(2)43-29/h16-22,24-27,29H,14-15,34H2,1-13H3/t16?,17-,18-,19+,20-,21?,22+,24-,25?,26+,27+,29?,31+,32-,33?/m0/s1. The fourth-order valence-electron chi connectivity index (χ4n) is 9.01. The summed E-state index contributed by atoms with van der Waals surface area (Å²) in [5, 5.41) is 0. The van der Waals surface area contributed by atoms with Crippen molar-refractivity contribution in [2.24, 2.45) is 29.4 Å². The lowest BCUT2D eigenvalue weighted by atomic mass is 9.62. The van der Waals surface area contributed by atoms with Gasteiger partial charge in [0.05, 0.1) is 36.2 Å². The summed E-state index contributed by atoms with van der Waals surface area (Å²) in [6.07, 6.45) is -3.88. The van der Waals surface area contributed by atoms with Gasteiger partial charge in [-0.15, -0.1) is 0 Å². The maximum Gasteiger partial charge on any atom is 0.412 e. The van der Waals surface area contributed by atoms with Crippen LogP contribution < -0.4 is 5.73 Å². The van der Waals surface area contributed by atoms with E-state index in [1.807, 2.05) is 34.9 Å². The summed E-state index contributed by atoms with van der Waals surface area (Å²) in [4.78, 5) is 45.8. The summed E-state index contributed by atoms with van der Waals surface area (Å²) in [7, 11) is 8.57. The number of carbonyl (C=O) groups is 3. The molecule has 0 spiro atoms. The topological polar surface area (TPSA) is 148 Å². The number of likely N-dealkylation sites (N-methyl/N-ethyl adjacent to an activating group) is 1. The van der Waals surface area contributed by atoms with Crippen molar-refractivity contribution < 1.29 is 47.5 Å². The van der Waals surface area contributed by atoms with Crippen LogP contribution in [0.5, 0.6) is 0 Å². The molecule has 4 bridgehead atoms. The van der Waals surface area contributed by atoms with Crippen LogP contribution in [0.4, 0.5) is 4.79 Å². The highest BCUT2D eigenvalue weighted by Crippen LogP contribution is 2.54. The van der Waals surface area contributed by atoms with E-state index < -0.39 is 89.3 Å². The Bertz CT molecular complexity index is 1160. The molecule has 4 saturated heterocycles. The highest BCUT2D eigenvalue weighted by Gasteiger charge is 2.74. The predicted octanol–water partition coefficient (Wildman–Crippen LogP) is 2.57. The summed E-state index contributed by atoms with van der Waals surface area (Å²) in [5.41, 5.74) is 2.78. The summed E-state index contributed by atoms with van der Waals surface area (Å²) < 4.78 is 44.1. The zero-order chi connectivity index (χ0) is 34.7. The number of hydrogen-bond acceptors (Lipinski definition) is 12. The molecule has 0 aromatic carbocycles. The van der Waals surface area contributed by atoms with Crippen molar-refractivity contribution in [3.8, 4) is 0 Å². The number of hydrogen-bond donors (Lipinski definition) is 1. The lowest BCUT2D eigenvalue weighted by Crippen LogP contribution is -2.83. The molecule has 1 amide bonds. The van der Waals surface area contributed by atoms with E-state index in [0.717, 1.165) is 0 Å². The minimum atomic E-state index is -1.78. The van der Waals surface area contributed by atoms with Crippen LogP contribution in [0.15, 0.2) is 0 Å². The zero-order valence-electron chi connectivity index (χ0n) is 29.9. The lowest BCUT2D eigenvalue weighted by molar-refractivity contribution is -0.320. The molecule has 13 nitrogen and oxygen atoms in total. The van der Waals surface area contributed by atoms with Crippen LogP contribution in [-0.4, -0.2) is 129 Å². The molecule has 264 valence electrons. The Morgan fingerprint density at radius 3 is 2.11 bits per heavy atom. The number of ketones is 1. The van der Waals surface area contributed by atoms with Gasteiger partial charge in [-0.1, -0.05) is 27.7 Å². The van der Waals surface area contributed by atoms with Crippen molar-refractivity contribution in [3.05, 3.63) is 0 Å². The van der Waals surface area contributed by atoms with Crippen LogP contribution in [-0.2, 0) is 42.7 Å². The first-order valence-corrected chi connectivity index (χ1v) is 16.5. The molecule has 0 aliphatic carbocycles. The maximum absolute atomic E-state index is 14.2. The van der Waals surface area contributed by atoms with Crippen LogP contribution in [0, 0.1) is 23.7 Å². The largest absolute Gasteiger partial charge is 0.458 e. The number of esters is 1. The van der Waals surface area contributed by atoms with Crippen LogP contribution in [0.3, 0.4) is 0 Å². The van der Waals surface area contributed by atoms with Crippen molar-refractivity contribution in [1.29, 1.82) is 0 Å². The molecule has 5 unspecified atom stereocenters. The van der Waals surface area contributed by atoms with Crippen molar-refractivity contribution >= 4 is 17.8 Å². The van der Waals surface area contributed by atoms with Gasteiger partial charge in [0, 0.05) is 39.2 Å². The van der Waals surface area contributed by atoms with E-state index >= 15 is 0 Å². The Kier molecular flexibility index (Phi) is 10.6. The molecule has 46 heavy (non-hydrogen) atoms. The van der Waals surface area contributed by atoms with Crippen LogP contribution >= 0.6 is 0 Å². The number of nitrogens with zero attached hydrogens (tertiary/aromatic N) is 2. The number of ether oxygens (including phenoxy) is 7. The van der Waals surface area contributed by atoms with Crippen molar-refractivity contribution in [1.82, 2.24) is 9.80 Å². The Morgan fingerprint density at radius 2 is 1.59 bits per heavy atom.